The molecule has 14 heteroatoms. The molecule has 0 aliphatic rings. The summed E-state index contributed by atoms with van der Waals surface area (Å²) in [5.41, 5.74) is 0. The number of halogens is 9. The van der Waals surface area contributed by atoms with Gasteiger partial charge in [0, 0.05) is 0 Å². The molecule has 21 heavy (non-hydrogen) atoms. The van der Waals surface area contributed by atoms with Crippen LogP contribution in [0, 0.1) is 0 Å². The van der Waals surface area contributed by atoms with Crippen LogP contribution in [0.2, 0.25) is 5.28 Å². The number of hydrogen-bond donors (Lipinski definition) is 0. The second-order valence-electron chi connectivity index (χ2n) is 3.01. The Morgan fingerprint density at radius 3 is 1.33 bits per heavy atom. The maximum atomic E-state index is 5.66. The molecular weight excluding hydrogens is 473 g/mol. The van der Waals surface area contributed by atoms with Crippen LogP contribution < -0.4 is 0 Å². The number of hydrogen-bond acceptors (Lipinski definition) is 5. The van der Waals surface area contributed by atoms with Gasteiger partial charge in [-0.15, -0.1) is 0 Å². The van der Waals surface area contributed by atoms with E-state index in [1.54, 1.807) is 0 Å². The van der Waals surface area contributed by atoms with E-state index < -0.39 is 17.9 Å². The van der Waals surface area contributed by atoms with E-state index in [2.05, 4.69) is 24.9 Å². The van der Waals surface area contributed by atoms with Gasteiger partial charge in [0.1, 0.15) is 0 Å². The zero-order valence-corrected chi connectivity index (χ0v) is 15.9. The fourth-order valence-corrected chi connectivity index (χ4v) is 1.29. The van der Waals surface area contributed by atoms with Gasteiger partial charge in [-0.05, 0) is 11.6 Å². The van der Waals surface area contributed by atoms with Crippen molar-refractivity contribution in [3.05, 3.63) is 5.28 Å². The predicted molar refractivity (Wildman–Crippen MR) is 91.3 cm³/mol. The molecule has 116 valence electrons. The molecule has 0 amide bonds. The molecule has 5 nitrogen and oxygen atoms in total. The quantitative estimate of drug-likeness (QED) is 0.403. The second-order valence-corrected chi connectivity index (χ2v) is 8.62. The minimum absolute atomic E-state index is 0.273. The van der Waals surface area contributed by atoms with E-state index in [4.69, 9.17) is 104 Å². The average molecular weight is 473 g/mol. The Hall–Kier alpha value is 0.960. The van der Waals surface area contributed by atoms with Gasteiger partial charge in [-0.1, -0.05) is 92.8 Å². The molecule has 1 rings (SSSR count). The van der Waals surface area contributed by atoms with E-state index in [1.807, 2.05) is 0 Å². The number of aromatic nitrogens is 3. The fraction of sp³-hybridized carbons (Fsp3) is 0.286. The van der Waals surface area contributed by atoms with Crippen LogP contribution in [0.15, 0.2) is 9.98 Å². The van der Waals surface area contributed by atoms with Gasteiger partial charge < -0.3 is 0 Å². The summed E-state index contributed by atoms with van der Waals surface area (Å²) >= 11 is 50.1. The predicted octanol–water partition coefficient (Wildman–Crippen LogP) is 5.80. The smallest absolute Gasteiger partial charge is 0.199 e. The maximum absolute atomic E-state index is 5.66. The van der Waals surface area contributed by atoms with E-state index in [1.165, 1.54) is 0 Å². The summed E-state index contributed by atoms with van der Waals surface area (Å²) in [6, 6.07) is 0. The molecule has 1 aromatic rings. The zero-order chi connectivity index (χ0) is 16.4. The number of nitrogens with zero attached hydrogens (tertiary/aromatic N) is 5. The lowest BCUT2D eigenvalue weighted by molar-refractivity contribution is 1.03. The normalized spacial score (nSPS) is 14.5. The molecule has 1 aromatic heterocycles. The van der Waals surface area contributed by atoms with Gasteiger partial charge in [-0.25, -0.2) is 0 Å². The van der Waals surface area contributed by atoms with Crippen LogP contribution in [0.25, 0.3) is 0 Å². The third-order valence-corrected chi connectivity index (χ3v) is 4.01. The molecule has 0 bridgehead atoms. The Balaban J connectivity index is 3.24. The largest absolute Gasteiger partial charge is 0.256 e. The second kappa shape index (κ2) is 7.69. The SMILES string of the molecule is Cl/C(=N\c1nc(Cl)nc(/N=C(\Cl)C(Cl)(Cl)Cl)n1)C(Cl)(Cl)Cl. The van der Waals surface area contributed by atoms with Gasteiger partial charge in [0.25, 0.3) is 11.9 Å². The van der Waals surface area contributed by atoms with E-state index in [-0.39, 0.29) is 17.2 Å². The lowest BCUT2D eigenvalue weighted by atomic mass is 10.7. The van der Waals surface area contributed by atoms with Gasteiger partial charge in [-0.2, -0.15) is 24.9 Å². The average Bonchev–Trinajstić information content (AvgIpc) is 2.25. The molecule has 0 N–H and O–H groups in total. The summed E-state index contributed by atoms with van der Waals surface area (Å²) in [6.07, 6.45) is 0. The molecule has 0 saturated carbocycles. The van der Waals surface area contributed by atoms with Gasteiger partial charge in [0.15, 0.2) is 10.3 Å². The molecule has 0 radical (unpaired) electrons. The van der Waals surface area contributed by atoms with E-state index in [0.29, 0.717) is 0 Å². The maximum Gasteiger partial charge on any atom is 0.256 e. The first kappa shape index (κ1) is 20.0. The Morgan fingerprint density at radius 2 is 1.05 bits per heavy atom. The van der Waals surface area contributed by atoms with Gasteiger partial charge in [0.2, 0.25) is 12.9 Å². The molecule has 0 saturated heterocycles. The van der Waals surface area contributed by atoms with E-state index in [0.717, 1.165) is 0 Å². The van der Waals surface area contributed by atoms with Gasteiger partial charge in [-0.3, -0.25) is 0 Å². The van der Waals surface area contributed by atoms with Crippen molar-refractivity contribution in [1.29, 1.82) is 0 Å². The minimum atomic E-state index is -1.96. The van der Waals surface area contributed by atoms with Crippen molar-refractivity contribution in [1.82, 2.24) is 15.0 Å². The van der Waals surface area contributed by atoms with Crippen molar-refractivity contribution in [2.24, 2.45) is 9.98 Å². The highest BCUT2D eigenvalue weighted by atomic mass is 35.6. The Morgan fingerprint density at radius 1 is 0.714 bits per heavy atom. The minimum Gasteiger partial charge on any atom is -0.199 e. The summed E-state index contributed by atoms with van der Waals surface area (Å²) in [5, 5.41) is -1.11. The van der Waals surface area contributed by atoms with Crippen LogP contribution in [0.3, 0.4) is 0 Å². The van der Waals surface area contributed by atoms with Crippen LogP contribution in [-0.2, 0) is 0 Å². The Labute approximate surface area is 163 Å². The van der Waals surface area contributed by atoms with Crippen molar-refractivity contribution in [2.75, 3.05) is 0 Å². The van der Waals surface area contributed by atoms with Crippen LogP contribution in [0.1, 0.15) is 0 Å². The van der Waals surface area contributed by atoms with E-state index >= 15 is 0 Å². The molecule has 0 aliphatic carbocycles. The van der Waals surface area contributed by atoms with Gasteiger partial charge in [0.05, 0.1) is 0 Å². The first-order valence-electron chi connectivity index (χ1n) is 4.44. The standard InChI is InChI=1S/C7Cl9N5/c8-1(6(11,12)13)17-4-19-3(10)20-5(21-4)18-2(9)7(14,15)16/b17-1-,18-2-. The van der Waals surface area contributed by atoms with Crippen LogP contribution in [0.5, 0.6) is 0 Å². The summed E-state index contributed by atoms with van der Waals surface area (Å²) in [6.45, 7) is 0. The van der Waals surface area contributed by atoms with Crippen LogP contribution in [-0.4, -0.2) is 32.9 Å². The topological polar surface area (TPSA) is 63.4 Å². The molecular formula is C7Cl9N5. The third-order valence-electron chi connectivity index (χ3n) is 1.45. The number of rotatable bonds is 2. The summed E-state index contributed by atoms with van der Waals surface area (Å²) in [7, 11) is 0. The first-order chi connectivity index (χ1) is 9.39. The van der Waals surface area contributed by atoms with Crippen molar-refractivity contribution in [3.8, 4) is 0 Å². The lowest BCUT2D eigenvalue weighted by Crippen LogP contribution is -2.13. The molecule has 0 unspecified atom stereocenters. The Bertz CT molecular complexity index is 539. The first-order valence-corrected chi connectivity index (χ1v) is 7.84. The summed E-state index contributed by atoms with van der Waals surface area (Å²) in [4.78, 5) is 18.3. The van der Waals surface area contributed by atoms with Crippen molar-refractivity contribution in [2.45, 2.75) is 7.59 Å². The number of alkyl halides is 6. The van der Waals surface area contributed by atoms with E-state index in [9.17, 15) is 0 Å². The summed E-state index contributed by atoms with van der Waals surface area (Å²) < 4.78 is -3.92. The highest BCUT2D eigenvalue weighted by Gasteiger charge is 2.28. The van der Waals surface area contributed by atoms with Crippen LogP contribution in [0.4, 0.5) is 11.9 Å². The zero-order valence-electron chi connectivity index (χ0n) is 9.14. The highest BCUT2D eigenvalue weighted by Crippen LogP contribution is 2.32. The van der Waals surface area contributed by atoms with Gasteiger partial charge >= 0.3 is 0 Å². The summed E-state index contributed by atoms with van der Waals surface area (Å²) in [5.74, 6) is -0.558. The third kappa shape index (κ3) is 6.94. The fourth-order valence-electron chi connectivity index (χ4n) is 0.732. The van der Waals surface area contributed by atoms with Crippen molar-refractivity contribution >= 4 is 127 Å². The highest BCUT2D eigenvalue weighted by molar-refractivity contribution is 6.90. The molecule has 0 fully saturated rings. The monoisotopic (exact) mass is 469 g/mol. The number of aliphatic imine (C=N–C) groups is 2. The molecule has 0 spiro atoms. The van der Waals surface area contributed by atoms with Crippen LogP contribution >= 0.6 is 104 Å². The molecule has 0 aromatic carbocycles. The Kier molecular flexibility index (Phi) is 7.32. The lowest BCUT2D eigenvalue weighted by Gasteiger charge is -2.08. The molecule has 1 heterocycles. The molecule has 0 aliphatic heterocycles. The molecule has 0 atom stereocenters. The van der Waals surface area contributed by atoms with Crippen molar-refractivity contribution < 1.29 is 0 Å². The van der Waals surface area contributed by atoms with Crippen molar-refractivity contribution in [3.63, 3.8) is 0 Å².